The van der Waals surface area contributed by atoms with Gasteiger partial charge in [-0.2, -0.15) is 8.42 Å². The summed E-state index contributed by atoms with van der Waals surface area (Å²) in [6.45, 7) is 7.63. The predicted octanol–water partition coefficient (Wildman–Crippen LogP) is 11.7. The Morgan fingerprint density at radius 2 is 1.04 bits per heavy atom. The van der Waals surface area contributed by atoms with Gasteiger partial charge in [0, 0.05) is 138 Å². The zero-order valence-electron chi connectivity index (χ0n) is 62.3. The van der Waals surface area contributed by atoms with Crippen molar-refractivity contribution in [2.45, 2.75) is 120 Å². The number of imide groups is 2. The molecule has 10 aliphatic rings. The van der Waals surface area contributed by atoms with Crippen molar-refractivity contribution in [3.05, 3.63) is 169 Å². The Bertz CT molecular complexity index is 5630. The smallest absolute Gasteiger partial charge is 0.296 e. The molecule has 4 aliphatic heterocycles. The Morgan fingerprint density at radius 3 is 1.55 bits per heavy atom. The number of hydrogen-bond acceptors (Lipinski definition) is 18. The van der Waals surface area contributed by atoms with E-state index in [4.69, 9.17) is 27.9 Å². The van der Waals surface area contributed by atoms with E-state index in [1.807, 2.05) is 90.3 Å². The minimum absolute atomic E-state index is 0.0420. The van der Waals surface area contributed by atoms with E-state index in [2.05, 4.69) is 84.9 Å². The highest BCUT2D eigenvalue weighted by atomic mass is 32.2. The molecule has 6 saturated carbocycles. The van der Waals surface area contributed by atoms with Crippen molar-refractivity contribution >= 4 is 89.2 Å². The number of rotatable bonds is 28. The van der Waals surface area contributed by atoms with Crippen molar-refractivity contribution in [2.24, 2.45) is 46.6 Å². The van der Waals surface area contributed by atoms with Crippen LogP contribution in [-0.2, 0) is 57.0 Å². The Balaban J connectivity index is 0.000000152. The van der Waals surface area contributed by atoms with Crippen LogP contribution in [0.3, 0.4) is 0 Å². The number of hydrogen-bond donors (Lipinski definition) is 1. The monoisotopic (exact) mass is 1510 g/mol. The van der Waals surface area contributed by atoms with Crippen LogP contribution in [0.25, 0.3) is 65.9 Å². The van der Waals surface area contributed by atoms with Crippen molar-refractivity contribution in [2.75, 3.05) is 65.8 Å². The van der Waals surface area contributed by atoms with Crippen molar-refractivity contribution in [3.8, 4) is 39.8 Å². The molecule has 6 aliphatic carbocycles. The molecule has 25 heteroatoms. The van der Waals surface area contributed by atoms with E-state index in [9.17, 15) is 37.2 Å². The van der Waals surface area contributed by atoms with Gasteiger partial charge in [0.05, 0.1) is 90.5 Å². The number of likely N-dealkylation sites (tertiary alicyclic amines) is 2. The van der Waals surface area contributed by atoms with E-state index in [1.54, 1.807) is 42.5 Å². The highest BCUT2D eigenvalue weighted by Gasteiger charge is 3.00. The predicted molar refractivity (Wildman–Crippen MR) is 409 cm³/mol. The Kier molecular flexibility index (Phi) is 17.0. The molecule has 6 aromatic heterocycles. The highest BCUT2D eigenvalue weighted by Crippen LogP contribution is 3.01. The summed E-state index contributed by atoms with van der Waals surface area (Å²) in [5.41, 5.74) is 10.5. The van der Waals surface area contributed by atoms with E-state index in [-0.39, 0.29) is 86.1 Å². The third kappa shape index (κ3) is 11.7. The largest absolute Gasteiger partial charge is 0.494 e. The van der Waals surface area contributed by atoms with Crippen LogP contribution in [0.4, 0.5) is 0 Å². The molecule has 1 N–H and O–H groups in total. The zero-order valence-corrected chi connectivity index (χ0v) is 63.1. The molecule has 7 unspecified atom stereocenters. The number of benzene rings is 4. The first-order chi connectivity index (χ1) is 53.7. The fourth-order valence-corrected chi connectivity index (χ4v) is 21.1. The zero-order chi connectivity index (χ0) is 76.0. The van der Waals surface area contributed by atoms with Crippen molar-refractivity contribution in [3.63, 3.8) is 0 Å². The molecule has 24 nitrogen and oxygen atoms in total. The topological polar surface area (TPSA) is 275 Å². The fourth-order valence-electron chi connectivity index (χ4n) is 20.1. The summed E-state index contributed by atoms with van der Waals surface area (Å²) < 4.78 is 64.7. The van der Waals surface area contributed by atoms with E-state index >= 15 is 0 Å². The van der Waals surface area contributed by atoms with Gasteiger partial charge < -0.3 is 42.6 Å². The summed E-state index contributed by atoms with van der Waals surface area (Å²) in [6, 6.07) is 35.3. The highest BCUT2D eigenvalue weighted by molar-refractivity contribution is 7.86. The molecule has 7 atom stereocenters. The van der Waals surface area contributed by atoms with Crippen LogP contribution in [0, 0.1) is 39.4 Å². The SMILES string of the molecule is Cc1ccc(S(=O)(=O)OCCCCCOCC23CC4(C(=O)N5CC(Oc6ccc(-c7ccc8c9cnccc9n(C)c8c7)cn6)C5)CC24C3)cc1.Cn1c2ccncc2c2ccc(-c3ccc(OC4CN(C(=O)C56CC7(COCCCCCOc8ccc9c(c8)C(=O)N(C8CCC(=O)NC8=O)C9=O)CC75C6)C4)nc3)cc21. The second-order valence-electron chi connectivity index (χ2n) is 32.8. The van der Waals surface area contributed by atoms with Gasteiger partial charge >= 0.3 is 0 Å². The van der Waals surface area contributed by atoms with E-state index in [0.717, 1.165) is 136 Å². The quantitative estimate of drug-likeness (QED) is 0.0271. The van der Waals surface area contributed by atoms with Crippen LogP contribution in [-0.4, -0.2) is 172 Å². The average Bonchev–Trinajstić information content (AvgIpc) is 1.41. The van der Waals surface area contributed by atoms with Crippen LogP contribution in [0.2, 0.25) is 0 Å². The molecule has 20 rings (SSSR count). The molecule has 9 fully saturated rings. The number of carbonyl (C=O) groups is 6. The molecule has 0 radical (unpaired) electrons. The van der Waals surface area contributed by atoms with Crippen LogP contribution in [0.15, 0.2) is 157 Å². The van der Waals surface area contributed by atoms with Gasteiger partial charge in [0.1, 0.15) is 24.0 Å². The van der Waals surface area contributed by atoms with Crippen molar-refractivity contribution in [1.29, 1.82) is 0 Å². The standard InChI is InChI=1S/C46H44N6O8.C40H42N4O6S/c1-50-35-13-14-47-20-34(35)31-8-5-27(17-37(31)50)28-6-12-39(48-19-28)60-30-21-51(22-30)43(57)45-23-44(24-46(44,45)25-45)26-58-15-3-2-4-16-59-29-7-9-32-33(18-29)42(56)52(41(32)55)36-10-11-38(53)49-40(36)54;1-27-6-10-31(11-7-27)51(46,47)49-17-5-3-4-16-48-26-38-23-39(25-40(38,39)24-38)37(45)44-21-30(22-44)50-36-13-9-29(19-42-36)28-8-12-32-33-20-41-15-14-34(33)43(2)35(32)18-28/h5-9,12-14,17-20,30,36H,2-4,10-11,15-16,21-26H2,1H3,(H,49,53,54);6-15,18-20,30H,3-5,16-17,21-26H2,1-2H3. The number of amides is 6. The number of nitrogens with one attached hydrogen (secondary N) is 1. The maximum absolute atomic E-state index is 13.6. The van der Waals surface area contributed by atoms with Crippen molar-refractivity contribution in [1.82, 2.24) is 49.1 Å². The number of ether oxygens (including phenoxy) is 5. The molecular formula is C86H86N10O14S. The number of carbonyl (C=O) groups excluding carboxylic acids is 6. The number of pyridine rings is 4. The molecule has 111 heavy (non-hydrogen) atoms. The molecule has 10 aromatic rings. The van der Waals surface area contributed by atoms with Gasteiger partial charge in [-0.25, -0.2) is 9.97 Å². The van der Waals surface area contributed by atoms with E-state index in [0.29, 0.717) is 89.1 Å². The first-order valence-corrected chi connectivity index (χ1v) is 40.2. The second-order valence-corrected chi connectivity index (χ2v) is 34.4. The number of piperidine rings is 1. The Morgan fingerprint density at radius 1 is 0.523 bits per heavy atom. The summed E-state index contributed by atoms with van der Waals surface area (Å²) >= 11 is 0. The van der Waals surface area contributed by atoms with Gasteiger partial charge in [-0.15, -0.1) is 0 Å². The lowest BCUT2D eigenvalue weighted by atomic mass is 9.73. The van der Waals surface area contributed by atoms with Crippen LogP contribution in [0.5, 0.6) is 17.5 Å². The Labute approximate surface area is 641 Å². The molecule has 3 saturated heterocycles. The third-order valence-electron chi connectivity index (χ3n) is 26.4. The molecule has 570 valence electrons. The molecule has 4 aromatic carbocycles. The lowest BCUT2D eigenvalue weighted by molar-refractivity contribution is -0.152. The maximum atomic E-state index is 13.6. The van der Waals surface area contributed by atoms with E-state index < -0.39 is 39.8 Å². The fraction of sp³-hybridized carbons (Fsp3) is 0.419. The number of unbranched alkanes of at least 4 members (excludes halogenated alkanes) is 4. The summed E-state index contributed by atoms with van der Waals surface area (Å²) in [5.74, 6) is 0.0752. The van der Waals surface area contributed by atoms with Gasteiger partial charge in [-0.1, -0.05) is 42.0 Å². The lowest BCUT2D eigenvalue weighted by Crippen LogP contribution is -2.59. The second kappa shape index (κ2) is 26.6. The van der Waals surface area contributed by atoms with Crippen molar-refractivity contribution < 1.29 is 65.1 Å². The van der Waals surface area contributed by atoms with Crippen LogP contribution in [0.1, 0.15) is 116 Å². The molecule has 2 spiro atoms. The van der Waals surface area contributed by atoms with Gasteiger partial charge in [0.15, 0.2) is 0 Å². The number of fused-ring (bicyclic) bond motifs is 7. The summed E-state index contributed by atoms with van der Waals surface area (Å²) in [7, 11) is 0.440. The first kappa shape index (κ1) is 70.9. The summed E-state index contributed by atoms with van der Waals surface area (Å²) in [5, 5.41) is 6.86. The first-order valence-electron chi connectivity index (χ1n) is 38.8. The van der Waals surface area contributed by atoms with Gasteiger partial charge in [0.25, 0.3) is 21.9 Å². The Hall–Kier alpha value is -10.5. The molecule has 6 amide bonds. The minimum atomic E-state index is -3.71. The third-order valence-corrected chi connectivity index (χ3v) is 27.7. The van der Waals surface area contributed by atoms with E-state index in [1.165, 1.54) is 10.8 Å². The van der Waals surface area contributed by atoms with Crippen LogP contribution >= 0.6 is 0 Å². The lowest BCUT2D eigenvalue weighted by Gasteiger charge is -2.43. The summed E-state index contributed by atoms with van der Waals surface area (Å²) in [4.78, 5) is 99.9. The van der Waals surface area contributed by atoms with Gasteiger partial charge in [0.2, 0.25) is 35.4 Å². The number of nitrogens with zero attached hydrogens (tertiary/aromatic N) is 9. The maximum Gasteiger partial charge on any atom is 0.296 e. The number of aryl methyl sites for hydroxylation is 3. The number of aromatic nitrogens is 6. The van der Waals surface area contributed by atoms with Gasteiger partial charge in [-0.05, 0) is 179 Å². The van der Waals surface area contributed by atoms with Gasteiger partial charge in [-0.3, -0.25) is 53.1 Å². The average molecular weight is 1520 g/mol. The molecule has 0 bridgehead atoms. The van der Waals surface area contributed by atoms with Crippen LogP contribution < -0.4 is 19.5 Å². The minimum Gasteiger partial charge on any atom is -0.494 e. The normalized spacial score (nSPS) is 25.6. The summed E-state index contributed by atoms with van der Waals surface area (Å²) in [6.07, 6.45) is 22.2. The molecule has 10 heterocycles. The molecular weight excluding hydrogens is 1430 g/mol.